The molecule has 30 heavy (non-hydrogen) atoms. The van der Waals surface area contributed by atoms with Gasteiger partial charge in [-0.25, -0.2) is 9.69 Å². The minimum absolute atomic E-state index is 0. The maximum Gasteiger partial charge on any atom is 0.331 e. The highest BCUT2D eigenvalue weighted by Crippen LogP contribution is 2.20. The summed E-state index contributed by atoms with van der Waals surface area (Å²) >= 11 is 0. The molecule has 3 rings (SSSR count). The van der Waals surface area contributed by atoms with Crippen molar-refractivity contribution in [2.75, 3.05) is 37.7 Å². The zero-order valence-electron chi connectivity index (χ0n) is 16.2. The van der Waals surface area contributed by atoms with E-state index < -0.39 is 6.10 Å². The van der Waals surface area contributed by atoms with Crippen LogP contribution in [0.1, 0.15) is 5.56 Å². The number of ether oxygens (including phenoxy) is 1. The molecule has 1 atom stereocenters. The fourth-order valence-corrected chi connectivity index (χ4v) is 2.97. The summed E-state index contributed by atoms with van der Waals surface area (Å²) in [7, 11) is 0. The van der Waals surface area contributed by atoms with Crippen molar-refractivity contribution in [1.29, 1.82) is 5.26 Å². The summed E-state index contributed by atoms with van der Waals surface area (Å²) in [6, 6.07) is 17.3. The van der Waals surface area contributed by atoms with Gasteiger partial charge in [0.15, 0.2) is 0 Å². The highest BCUT2D eigenvalue weighted by atomic mass is 35.5. The molecule has 2 aromatic rings. The third kappa shape index (κ3) is 5.70. The molecule has 158 valence electrons. The summed E-state index contributed by atoms with van der Waals surface area (Å²) in [4.78, 5) is 27.3. The van der Waals surface area contributed by atoms with Gasteiger partial charge in [0, 0.05) is 19.6 Å². The van der Waals surface area contributed by atoms with E-state index in [4.69, 9.17) is 10.00 Å². The number of aliphatic hydroxyl groups is 1. The van der Waals surface area contributed by atoms with Crippen LogP contribution in [0.3, 0.4) is 0 Å². The number of amides is 3. The number of imide groups is 1. The van der Waals surface area contributed by atoms with Crippen LogP contribution in [0.5, 0.6) is 5.75 Å². The van der Waals surface area contributed by atoms with Gasteiger partial charge in [-0.2, -0.15) is 5.26 Å². The first-order chi connectivity index (χ1) is 14.1. The SMILES string of the molecule is Cl.N#Cc1ccccc1OCC(O)CNCCN1CC(=O)N(c2ccccc2)C1=O. The Kier molecular flexibility index (Phi) is 8.62. The molecule has 0 aromatic heterocycles. The number of carbonyl (C=O) groups is 2. The van der Waals surface area contributed by atoms with Gasteiger partial charge in [0.25, 0.3) is 5.91 Å². The molecule has 2 N–H and O–H groups in total. The quantitative estimate of drug-likeness (QED) is 0.464. The summed E-state index contributed by atoms with van der Waals surface area (Å²) in [5.74, 6) is 0.169. The highest BCUT2D eigenvalue weighted by Gasteiger charge is 2.36. The number of anilines is 1. The number of nitrogens with zero attached hydrogens (tertiary/aromatic N) is 3. The Morgan fingerprint density at radius 1 is 1.13 bits per heavy atom. The van der Waals surface area contributed by atoms with E-state index in [0.717, 1.165) is 0 Å². The predicted octanol–water partition coefficient (Wildman–Crippen LogP) is 1.78. The monoisotopic (exact) mass is 430 g/mol. The molecular weight excluding hydrogens is 408 g/mol. The normalized spacial score (nSPS) is 14.3. The van der Waals surface area contributed by atoms with Crippen molar-refractivity contribution in [3.05, 3.63) is 60.2 Å². The van der Waals surface area contributed by atoms with Crippen LogP contribution in [0.25, 0.3) is 0 Å². The van der Waals surface area contributed by atoms with E-state index in [1.807, 2.05) is 12.1 Å². The van der Waals surface area contributed by atoms with E-state index in [1.165, 1.54) is 9.80 Å². The van der Waals surface area contributed by atoms with Crippen molar-refractivity contribution in [2.45, 2.75) is 6.10 Å². The predicted molar refractivity (Wildman–Crippen MR) is 114 cm³/mol. The molecule has 1 aliphatic rings. The van der Waals surface area contributed by atoms with Gasteiger partial charge in [-0.1, -0.05) is 30.3 Å². The lowest BCUT2D eigenvalue weighted by Gasteiger charge is -2.18. The molecule has 0 spiro atoms. The average molecular weight is 431 g/mol. The van der Waals surface area contributed by atoms with Crippen LogP contribution >= 0.6 is 12.4 Å². The molecule has 0 radical (unpaired) electrons. The van der Waals surface area contributed by atoms with Crippen molar-refractivity contribution < 1.29 is 19.4 Å². The van der Waals surface area contributed by atoms with Crippen LogP contribution in [-0.2, 0) is 4.79 Å². The van der Waals surface area contributed by atoms with E-state index in [1.54, 1.807) is 48.5 Å². The Labute approximate surface area is 181 Å². The molecule has 1 unspecified atom stereocenters. The van der Waals surface area contributed by atoms with Gasteiger partial charge < -0.3 is 20.1 Å². The maximum absolute atomic E-state index is 12.5. The molecule has 8 nitrogen and oxygen atoms in total. The summed E-state index contributed by atoms with van der Waals surface area (Å²) in [5.41, 5.74) is 0.969. The standard InChI is InChI=1S/C21H22N4O4.ClH/c22-12-16-6-4-5-9-19(16)29-15-18(26)13-23-10-11-24-14-20(27)25(21(24)28)17-7-2-1-3-8-17;/h1-9,18,23,26H,10-11,13-15H2;1H. The van der Waals surface area contributed by atoms with Crippen molar-refractivity contribution in [1.82, 2.24) is 10.2 Å². The van der Waals surface area contributed by atoms with Crippen LogP contribution in [-0.4, -0.2) is 60.8 Å². The molecule has 1 heterocycles. The first-order valence-electron chi connectivity index (χ1n) is 9.27. The number of para-hydroxylation sites is 2. The van der Waals surface area contributed by atoms with Gasteiger partial charge in [0.1, 0.15) is 31.1 Å². The van der Waals surface area contributed by atoms with Gasteiger partial charge in [0.05, 0.1) is 11.3 Å². The number of benzene rings is 2. The lowest BCUT2D eigenvalue weighted by molar-refractivity contribution is -0.116. The Morgan fingerprint density at radius 2 is 1.83 bits per heavy atom. The van der Waals surface area contributed by atoms with Crippen LogP contribution in [0.4, 0.5) is 10.5 Å². The summed E-state index contributed by atoms with van der Waals surface area (Å²) < 4.78 is 5.49. The van der Waals surface area contributed by atoms with Crippen LogP contribution < -0.4 is 15.0 Å². The van der Waals surface area contributed by atoms with Crippen LogP contribution in [0.2, 0.25) is 0 Å². The molecule has 0 bridgehead atoms. The lowest BCUT2D eigenvalue weighted by atomic mass is 10.2. The Balaban J connectivity index is 0.00000320. The minimum atomic E-state index is -0.779. The molecular formula is C21H23ClN4O4. The second-order valence-electron chi connectivity index (χ2n) is 6.55. The van der Waals surface area contributed by atoms with Gasteiger partial charge in [-0.15, -0.1) is 12.4 Å². The molecule has 3 amide bonds. The first kappa shape index (κ1) is 23.2. The molecule has 2 aromatic carbocycles. The van der Waals surface area contributed by atoms with Gasteiger partial charge in [-0.05, 0) is 24.3 Å². The Bertz CT molecular complexity index is 903. The highest BCUT2D eigenvalue weighted by molar-refractivity contribution is 6.19. The van der Waals surface area contributed by atoms with E-state index in [0.29, 0.717) is 30.1 Å². The van der Waals surface area contributed by atoms with Crippen LogP contribution in [0.15, 0.2) is 54.6 Å². The maximum atomic E-state index is 12.5. The molecule has 1 aliphatic heterocycles. The smallest absolute Gasteiger partial charge is 0.331 e. The number of nitrogens with one attached hydrogen (secondary N) is 1. The number of aliphatic hydroxyl groups excluding tert-OH is 1. The number of hydrogen-bond acceptors (Lipinski definition) is 6. The second-order valence-corrected chi connectivity index (χ2v) is 6.55. The fourth-order valence-electron chi connectivity index (χ4n) is 2.97. The topological polar surface area (TPSA) is 106 Å². The third-order valence-corrected chi connectivity index (χ3v) is 4.43. The molecule has 0 aliphatic carbocycles. The third-order valence-electron chi connectivity index (χ3n) is 4.43. The lowest BCUT2D eigenvalue weighted by Crippen LogP contribution is -2.39. The summed E-state index contributed by atoms with van der Waals surface area (Å²) in [5, 5.41) is 22.1. The average Bonchev–Trinajstić information content (AvgIpc) is 3.03. The Morgan fingerprint density at radius 3 is 2.57 bits per heavy atom. The van der Waals surface area contributed by atoms with Gasteiger partial charge >= 0.3 is 6.03 Å². The van der Waals surface area contributed by atoms with E-state index in [-0.39, 0.29) is 44.0 Å². The Hall–Kier alpha value is -3.12. The number of hydrogen-bond donors (Lipinski definition) is 2. The molecule has 9 heteroatoms. The zero-order valence-corrected chi connectivity index (χ0v) is 17.0. The number of halogens is 1. The van der Waals surface area contributed by atoms with Crippen molar-refractivity contribution >= 4 is 30.0 Å². The fraction of sp³-hybridized carbons (Fsp3) is 0.286. The van der Waals surface area contributed by atoms with Crippen molar-refractivity contribution in [3.8, 4) is 11.8 Å². The zero-order chi connectivity index (χ0) is 20.6. The van der Waals surface area contributed by atoms with Crippen molar-refractivity contribution in [2.24, 2.45) is 0 Å². The summed E-state index contributed by atoms with van der Waals surface area (Å²) in [6.45, 7) is 1.10. The van der Waals surface area contributed by atoms with Crippen molar-refractivity contribution in [3.63, 3.8) is 0 Å². The summed E-state index contributed by atoms with van der Waals surface area (Å²) in [6.07, 6.45) is -0.779. The number of rotatable bonds is 9. The molecule has 1 fully saturated rings. The largest absolute Gasteiger partial charge is 0.489 e. The minimum Gasteiger partial charge on any atom is -0.489 e. The van der Waals surface area contributed by atoms with E-state index in [2.05, 4.69) is 5.32 Å². The van der Waals surface area contributed by atoms with Crippen LogP contribution in [0, 0.1) is 11.3 Å². The van der Waals surface area contributed by atoms with Gasteiger partial charge in [-0.3, -0.25) is 4.79 Å². The van der Waals surface area contributed by atoms with Gasteiger partial charge in [0.2, 0.25) is 0 Å². The molecule has 1 saturated heterocycles. The molecule has 0 saturated carbocycles. The first-order valence-corrected chi connectivity index (χ1v) is 9.27. The number of nitriles is 1. The second kappa shape index (κ2) is 11.2. The van der Waals surface area contributed by atoms with E-state index >= 15 is 0 Å². The number of carbonyl (C=O) groups excluding carboxylic acids is 2. The number of urea groups is 1. The van der Waals surface area contributed by atoms with E-state index in [9.17, 15) is 14.7 Å².